The van der Waals surface area contributed by atoms with Crippen molar-refractivity contribution in [1.29, 1.82) is 0 Å². The summed E-state index contributed by atoms with van der Waals surface area (Å²) in [4.78, 5) is 17.3. The molecular weight excluding hydrogens is 349 g/mol. The van der Waals surface area contributed by atoms with Gasteiger partial charge in [-0.25, -0.2) is 0 Å². The Morgan fingerprint density at radius 3 is 2.42 bits per heavy atom. The van der Waals surface area contributed by atoms with Gasteiger partial charge in [0.25, 0.3) is 0 Å². The van der Waals surface area contributed by atoms with E-state index >= 15 is 0 Å². The lowest BCUT2D eigenvalue weighted by Gasteiger charge is -2.42. The second-order valence-corrected chi connectivity index (χ2v) is 7.36. The van der Waals surface area contributed by atoms with Gasteiger partial charge in [0.15, 0.2) is 0 Å². The number of ether oxygens (including phenoxy) is 1. The van der Waals surface area contributed by atoms with E-state index in [0.29, 0.717) is 18.1 Å². The van der Waals surface area contributed by atoms with Crippen LogP contribution in [0.5, 0.6) is 0 Å². The van der Waals surface area contributed by atoms with Gasteiger partial charge in [0.1, 0.15) is 0 Å². The van der Waals surface area contributed by atoms with Crippen LogP contribution in [0.1, 0.15) is 45.4 Å². The van der Waals surface area contributed by atoms with Gasteiger partial charge in [0, 0.05) is 44.2 Å². The molecule has 2 N–H and O–H groups in total. The maximum Gasteiger partial charge on any atom is 0.225 e. The molecule has 0 radical (unpaired) electrons. The Balaban J connectivity index is 0.00000144. The van der Waals surface area contributed by atoms with Crippen LogP contribution in [0, 0.1) is 5.92 Å². The molecule has 3 aliphatic rings. The molecule has 3 unspecified atom stereocenters. The van der Waals surface area contributed by atoms with Gasteiger partial charge in [-0.3, -0.25) is 9.69 Å². The van der Waals surface area contributed by atoms with E-state index in [9.17, 15) is 4.79 Å². The Labute approximate surface area is 158 Å². The van der Waals surface area contributed by atoms with Gasteiger partial charge >= 0.3 is 0 Å². The highest BCUT2D eigenvalue weighted by Crippen LogP contribution is 2.27. The van der Waals surface area contributed by atoms with Crippen LogP contribution in [0.2, 0.25) is 0 Å². The lowest BCUT2D eigenvalue weighted by molar-refractivity contribution is -0.138. The summed E-state index contributed by atoms with van der Waals surface area (Å²) < 4.78 is 5.63. The number of amides is 1. The summed E-state index contributed by atoms with van der Waals surface area (Å²) in [5.74, 6) is 0.549. The van der Waals surface area contributed by atoms with Crippen molar-refractivity contribution in [2.75, 3.05) is 32.8 Å². The topological polar surface area (TPSA) is 58.8 Å². The summed E-state index contributed by atoms with van der Waals surface area (Å²) in [6.45, 7) is 6.91. The summed E-state index contributed by atoms with van der Waals surface area (Å²) in [6.07, 6.45) is 6.68. The van der Waals surface area contributed by atoms with E-state index in [1.54, 1.807) is 0 Å². The minimum absolute atomic E-state index is 0. The Kier molecular flexibility index (Phi) is 9.31. The molecule has 3 atom stereocenters. The normalized spacial score (nSPS) is 32.6. The first-order valence-corrected chi connectivity index (χ1v) is 9.03. The Hall–Kier alpha value is -0.0700. The molecule has 1 amide bonds. The van der Waals surface area contributed by atoms with Crippen LogP contribution >= 0.6 is 24.8 Å². The van der Waals surface area contributed by atoms with Crippen molar-refractivity contribution >= 4 is 30.7 Å². The van der Waals surface area contributed by atoms with Gasteiger partial charge in [-0.05, 0) is 39.0 Å². The summed E-state index contributed by atoms with van der Waals surface area (Å²) in [5, 5.41) is 0. The van der Waals surface area contributed by atoms with Crippen LogP contribution < -0.4 is 5.73 Å². The number of carbonyl (C=O) groups excluding carboxylic acids is 1. The van der Waals surface area contributed by atoms with E-state index < -0.39 is 0 Å². The van der Waals surface area contributed by atoms with Crippen LogP contribution in [0.25, 0.3) is 0 Å². The Bertz CT molecular complexity index is 392. The fourth-order valence-corrected chi connectivity index (χ4v) is 4.34. The first-order valence-electron chi connectivity index (χ1n) is 9.03. The largest absolute Gasteiger partial charge is 0.376 e. The Morgan fingerprint density at radius 1 is 1.08 bits per heavy atom. The second-order valence-electron chi connectivity index (χ2n) is 7.36. The maximum atomic E-state index is 12.7. The lowest BCUT2D eigenvalue weighted by Crippen LogP contribution is -2.52. The minimum Gasteiger partial charge on any atom is -0.376 e. The SMILES string of the molecule is CC1CN(C2CCN(C(=O)C3CCCC(N)C3)CC2)CCO1.Cl.Cl. The molecule has 0 aromatic rings. The van der Waals surface area contributed by atoms with E-state index in [0.717, 1.165) is 71.3 Å². The zero-order valence-electron chi connectivity index (χ0n) is 14.7. The van der Waals surface area contributed by atoms with Gasteiger partial charge in [-0.2, -0.15) is 0 Å². The molecule has 0 bridgehead atoms. The minimum atomic E-state index is 0. The molecule has 1 saturated carbocycles. The number of nitrogens with two attached hydrogens (primary N) is 1. The molecule has 1 aliphatic carbocycles. The maximum absolute atomic E-state index is 12.7. The number of carbonyl (C=O) groups is 1. The number of rotatable bonds is 2. The fraction of sp³-hybridized carbons (Fsp3) is 0.941. The average Bonchev–Trinajstić information content (AvgIpc) is 2.54. The monoisotopic (exact) mass is 381 g/mol. The first-order chi connectivity index (χ1) is 10.6. The number of halogens is 2. The summed E-state index contributed by atoms with van der Waals surface area (Å²) in [5.41, 5.74) is 6.04. The van der Waals surface area contributed by atoms with Crippen molar-refractivity contribution in [3.63, 3.8) is 0 Å². The highest BCUT2D eigenvalue weighted by Gasteiger charge is 2.33. The van der Waals surface area contributed by atoms with Gasteiger partial charge in [-0.15, -0.1) is 24.8 Å². The Morgan fingerprint density at radius 2 is 1.79 bits per heavy atom. The first kappa shape index (κ1) is 22.0. The molecule has 3 fully saturated rings. The van der Waals surface area contributed by atoms with E-state index in [2.05, 4.69) is 16.7 Å². The number of nitrogens with zero attached hydrogens (tertiary/aromatic N) is 2. The lowest BCUT2D eigenvalue weighted by atomic mass is 9.85. The number of piperidine rings is 1. The molecule has 0 aromatic carbocycles. The molecule has 2 aliphatic heterocycles. The third kappa shape index (κ3) is 5.46. The van der Waals surface area contributed by atoms with E-state index in [1.807, 2.05) is 0 Å². The molecule has 2 saturated heterocycles. The van der Waals surface area contributed by atoms with Gasteiger partial charge in [0.2, 0.25) is 5.91 Å². The third-order valence-electron chi connectivity index (χ3n) is 5.63. The zero-order chi connectivity index (χ0) is 15.5. The third-order valence-corrected chi connectivity index (χ3v) is 5.63. The van der Waals surface area contributed by atoms with E-state index in [1.165, 1.54) is 0 Å². The van der Waals surface area contributed by atoms with Crippen LogP contribution in [0.15, 0.2) is 0 Å². The standard InChI is InChI=1S/C17H31N3O2.2ClH/c1-13-12-20(9-10-22-13)16-5-7-19(8-6-16)17(21)14-3-2-4-15(18)11-14;;/h13-16H,2-12,18H2,1H3;2*1H. The predicted molar refractivity (Wildman–Crippen MR) is 101 cm³/mol. The van der Waals surface area contributed by atoms with Gasteiger partial charge in [0.05, 0.1) is 12.7 Å². The van der Waals surface area contributed by atoms with E-state index in [4.69, 9.17) is 10.5 Å². The number of hydrogen-bond donors (Lipinski definition) is 1. The van der Waals surface area contributed by atoms with Crippen molar-refractivity contribution in [3.8, 4) is 0 Å². The predicted octanol–water partition coefficient (Wildman–Crippen LogP) is 2.06. The van der Waals surface area contributed by atoms with Crippen LogP contribution in [-0.2, 0) is 9.53 Å². The fourth-order valence-electron chi connectivity index (χ4n) is 4.34. The van der Waals surface area contributed by atoms with Crippen molar-refractivity contribution in [2.24, 2.45) is 11.7 Å². The molecule has 142 valence electrons. The summed E-state index contributed by atoms with van der Waals surface area (Å²) >= 11 is 0. The molecule has 5 nitrogen and oxygen atoms in total. The smallest absolute Gasteiger partial charge is 0.225 e. The van der Waals surface area contributed by atoms with Gasteiger partial charge < -0.3 is 15.4 Å². The number of morpholine rings is 1. The molecule has 24 heavy (non-hydrogen) atoms. The molecule has 7 heteroatoms. The van der Waals surface area contributed by atoms with Crippen LogP contribution in [0.4, 0.5) is 0 Å². The molecule has 2 heterocycles. The van der Waals surface area contributed by atoms with E-state index in [-0.39, 0.29) is 36.8 Å². The highest BCUT2D eigenvalue weighted by atomic mass is 35.5. The molecule has 0 spiro atoms. The number of hydrogen-bond acceptors (Lipinski definition) is 4. The van der Waals surface area contributed by atoms with Crippen LogP contribution in [-0.4, -0.2) is 66.7 Å². The quantitative estimate of drug-likeness (QED) is 0.794. The van der Waals surface area contributed by atoms with Crippen molar-refractivity contribution < 1.29 is 9.53 Å². The van der Waals surface area contributed by atoms with Crippen molar-refractivity contribution in [3.05, 3.63) is 0 Å². The van der Waals surface area contributed by atoms with Crippen molar-refractivity contribution in [1.82, 2.24) is 9.80 Å². The molecular formula is C17H33Cl2N3O2. The van der Waals surface area contributed by atoms with Gasteiger partial charge in [-0.1, -0.05) is 6.42 Å². The number of likely N-dealkylation sites (tertiary alicyclic amines) is 1. The molecule has 3 rings (SSSR count). The van der Waals surface area contributed by atoms with Crippen molar-refractivity contribution in [2.45, 2.75) is 63.6 Å². The zero-order valence-corrected chi connectivity index (χ0v) is 16.3. The summed E-state index contributed by atoms with van der Waals surface area (Å²) in [7, 11) is 0. The average molecular weight is 382 g/mol. The highest BCUT2D eigenvalue weighted by molar-refractivity contribution is 5.85. The second kappa shape index (κ2) is 10.2. The summed E-state index contributed by atoms with van der Waals surface area (Å²) in [6, 6.07) is 0.860. The molecule has 0 aromatic heterocycles. The van der Waals surface area contributed by atoms with Crippen LogP contribution in [0.3, 0.4) is 0 Å².